The quantitative estimate of drug-likeness (QED) is 0.721. The van der Waals surface area contributed by atoms with Crippen molar-refractivity contribution < 1.29 is 9.47 Å². The molecule has 0 fully saturated rings. The van der Waals surface area contributed by atoms with Gasteiger partial charge in [-0.15, -0.1) is 0 Å². The monoisotopic (exact) mass is 287 g/mol. The molecule has 3 nitrogen and oxygen atoms in total. The highest BCUT2D eigenvalue weighted by Crippen LogP contribution is 2.18. The maximum absolute atomic E-state index is 5.52. The molecule has 4 heteroatoms. The van der Waals surface area contributed by atoms with Crippen LogP contribution < -0.4 is 4.74 Å². The molecular weight excluding hydrogens is 270 g/mol. The second kappa shape index (κ2) is 7.63. The third-order valence-electron chi connectivity index (χ3n) is 2.11. The fourth-order valence-corrected chi connectivity index (χ4v) is 1.67. The first-order valence-corrected chi connectivity index (χ1v) is 6.36. The fraction of sp³-hybridized carbons (Fsp3) is 0.583. The van der Waals surface area contributed by atoms with Gasteiger partial charge in [0.25, 0.3) is 0 Å². The van der Waals surface area contributed by atoms with Crippen LogP contribution in [0.15, 0.2) is 16.7 Å². The van der Waals surface area contributed by atoms with Crippen molar-refractivity contribution in [1.82, 2.24) is 4.98 Å². The summed E-state index contributed by atoms with van der Waals surface area (Å²) in [6.45, 7) is 6.11. The number of ether oxygens (including phenoxy) is 2. The van der Waals surface area contributed by atoms with Crippen molar-refractivity contribution in [2.24, 2.45) is 0 Å². The van der Waals surface area contributed by atoms with Gasteiger partial charge in [-0.25, -0.2) is 4.98 Å². The molecule has 0 aliphatic heterocycles. The van der Waals surface area contributed by atoms with Gasteiger partial charge in [-0.2, -0.15) is 0 Å². The smallest absolute Gasteiger partial charge is 0.216 e. The van der Waals surface area contributed by atoms with Gasteiger partial charge in [0.2, 0.25) is 5.88 Å². The highest BCUT2D eigenvalue weighted by molar-refractivity contribution is 9.10. The molecule has 16 heavy (non-hydrogen) atoms. The lowest BCUT2D eigenvalue weighted by Crippen LogP contribution is -2.08. The zero-order valence-corrected chi connectivity index (χ0v) is 11.4. The average molecular weight is 288 g/mol. The van der Waals surface area contributed by atoms with Crippen molar-refractivity contribution in [2.75, 3.05) is 19.8 Å². The van der Waals surface area contributed by atoms with Gasteiger partial charge < -0.3 is 9.47 Å². The van der Waals surface area contributed by atoms with Gasteiger partial charge in [0.15, 0.2) is 0 Å². The molecule has 0 aliphatic carbocycles. The molecule has 1 rings (SSSR count). The number of nitrogens with zero attached hydrogens (tertiary/aromatic N) is 1. The standard InChI is InChI=1S/C12H18BrNO2/c1-3-4-5-15-6-7-16-12-10(2)8-11(13)9-14-12/h8-9H,3-7H2,1-2H3. The predicted octanol–water partition coefficient (Wildman–Crippen LogP) is 3.35. The second-order valence-corrected chi connectivity index (χ2v) is 4.51. The number of hydrogen-bond donors (Lipinski definition) is 0. The Labute approximate surface area is 105 Å². The first kappa shape index (κ1) is 13.5. The number of pyridine rings is 1. The van der Waals surface area contributed by atoms with E-state index in [9.17, 15) is 0 Å². The van der Waals surface area contributed by atoms with Crippen molar-refractivity contribution in [1.29, 1.82) is 0 Å². The molecule has 0 amide bonds. The largest absolute Gasteiger partial charge is 0.475 e. The van der Waals surface area contributed by atoms with Crippen molar-refractivity contribution >= 4 is 15.9 Å². The topological polar surface area (TPSA) is 31.4 Å². The van der Waals surface area contributed by atoms with Crippen molar-refractivity contribution in [2.45, 2.75) is 26.7 Å². The Morgan fingerprint density at radius 2 is 2.12 bits per heavy atom. The van der Waals surface area contributed by atoms with Gasteiger partial charge >= 0.3 is 0 Å². The molecule has 1 heterocycles. The summed E-state index contributed by atoms with van der Waals surface area (Å²) in [6, 6.07) is 1.99. The summed E-state index contributed by atoms with van der Waals surface area (Å²) in [5.41, 5.74) is 1.03. The van der Waals surface area contributed by atoms with E-state index in [2.05, 4.69) is 27.8 Å². The van der Waals surface area contributed by atoms with Crippen molar-refractivity contribution in [3.05, 3.63) is 22.3 Å². The van der Waals surface area contributed by atoms with Crippen LogP contribution in [0.4, 0.5) is 0 Å². The Kier molecular flexibility index (Phi) is 6.42. The molecule has 0 aromatic carbocycles. The number of rotatable bonds is 7. The van der Waals surface area contributed by atoms with Gasteiger partial charge in [0, 0.05) is 22.8 Å². The zero-order chi connectivity index (χ0) is 11.8. The van der Waals surface area contributed by atoms with Crippen LogP contribution in [-0.2, 0) is 4.74 Å². The molecule has 0 aliphatic rings. The predicted molar refractivity (Wildman–Crippen MR) is 67.9 cm³/mol. The van der Waals surface area contributed by atoms with E-state index in [4.69, 9.17) is 9.47 Å². The molecule has 0 saturated carbocycles. The Hall–Kier alpha value is -0.610. The lowest BCUT2D eigenvalue weighted by Gasteiger charge is -2.08. The minimum absolute atomic E-state index is 0.555. The van der Waals surface area contributed by atoms with Gasteiger partial charge in [-0.3, -0.25) is 0 Å². The summed E-state index contributed by atoms with van der Waals surface area (Å²) in [4.78, 5) is 4.19. The molecule has 0 radical (unpaired) electrons. The Morgan fingerprint density at radius 3 is 2.81 bits per heavy atom. The summed E-state index contributed by atoms with van der Waals surface area (Å²) in [6.07, 6.45) is 4.00. The van der Waals surface area contributed by atoms with Crippen LogP contribution in [0.1, 0.15) is 25.3 Å². The normalized spacial score (nSPS) is 10.4. The van der Waals surface area contributed by atoms with Crippen LogP contribution in [0.2, 0.25) is 0 Å². The third-order valence-corrected chi connectivity index (χ3v) is 2.54. The first-order valence-electron chi connectivity index (χ1n) is 5.56. The lowest BCUT2D eigenvalue weighted by molar-refractivity contribution is 0.0962. The maximum atomic E-state index is 5.52. The molecule has 0 atom stereocenters. The highest BCUT2D eigenvalue weighted by atomic mass is 79.9. The van der Waals surface area contributed by atoms with Gasteiger partial charge in [-0.1, -0.05) is 13.3 Å². The van der Waals surface area contributed by atoms with Gasteiger partial charge in [-0.05, 0) is 35.3 Å². The molecule has 0 N–H and O–H groups in total. The van der Waals surface area contributed by atoms with Crippen molar-refractivity contribution in [3.63, 3.8) is 0 Å². The molecule has 90 valence electrons. The average Bonchev–Trinajstić information content (AvgIpc) is 2.26. The van der Waals surface area contributed by atoms with Crippen molar-refractivity contribution in [3.8, 4) is 5.88 Å². The number of aryl methyl sites for hydroxylation is 1. The van der Waals surface area contributed by atoms with Crippen LogP contribution >= 0.6 is 15.9 Å². The minimum Gasteiger partial charge on any atom is -0.475 e. The number of aromatic nitrogens is 1. The summed E-state index contributed by atoms with van der Waals surface area (Å²) in [5, 5.41) is 0. The van der Waals surface area contributed by atoms with Crippen LogP contribution in [-0.4, -0.2) is 24.8 Å². The number of halogens is 1. The van der Waals surface area contributed by atoms with E-state index >= 15 is 0 Å². The van der Waals surface area contributed by atoms with E-state index in [0.29, 0.717) is 19.1 Å². The van der Waals surface area contributed by atoms with E-state index in [1.165, 1.54) is 0 Å². The molecular formula is C12H18BrNO2. The SMILES string of the molecule is CCCCOCCOc1ncc(Br)cc1C. The molecule has 1 aromatic heterocycles. The van der Waals surface area contributed by atoms with Crippen LogP contribution in [0.25, 0.3) is 0 Å². The maximum Gasteiger partial charge on any atom is 0.216 e. The molecule has 0 spiro atoms. The first-order chi connectivity index (χ1) is 7.74. The van der Waals surface area contributed by atoms with E-state index in [1.54, 1.807) is 6.20 Å². The van der Waals surface area contributed by atoms with Gasteiger partial charge in [0.05, 0.1) is 6.61 Å². The van der Waals surface area contributed by atoms with Gasteiger partial charge in [0.1, 0.15) is 6.61 Å². The van der Waals surface area contributed by atoms with E-state index in [1.807, 2.05) is 13.0 Å². The van der Waals surface area contributed by atoms with E-state index in [0.717, 1.165) is 29.5 Å². The van der Waals surface area contributed by atoms with E-state index < -0.39 is 0 Å². The molecule has 0 unspecified atom stereocenters. The summed E-state index contributed by atoms with van der Waals surface area (Å²) < 4.78 is 11.9. The Morgan fingerprint density at radius 1 is 1.31 bits per heavy atom. The summed E-state index contributed by atoms with van der Waals surface area (Å²) in [5.74, 6) is 0.683. The van der Waals surface area contributed by atoms with Crippen LogP contribution in [0.3, 0.4) is 0 Å². The van der Waals surface area contributed by atoms with E-state index in [-0.39, 0.29) is 0 Å². The third kappa shape index (κ3) is 4.94. The lowest BCUT2D eigenvalue weighted by atomic mass is 10.3. The molecule has 1 aromatic rings. The molecule has 0 saturated heterocycles. The van der Waals surface area contributed by atoms with Crippen LogP contribution in [0, 0.1) is 6.92 Å². The zero-order valence-electron chi connectivity index (χ0n) is 9.83. The Bertz CT molecular complexity index is 318. The van der Waals surface area contributed by atoms with Crippen LogP contribution in [0.5, 0.6) is 5.88 Å². The highest BCUT2D eigenvalue weighted by Gasteiger charge is 2.01. The Balaban J connectivity index is 2.21. The number of hydrogen-bond acceptors (Lipinski definition) is 3. The summed E-state index contributed by atoms with van der Waals surface area (Å²) >= 11 is 3.36. The molecule has 0 bridgehead atoms. The fourth-order valence-electron chi connectivity index (χ4n) is 1.22. The minimum atomic E-state index is 0.555. The number of unbranched alkanes of at least 4 members (excludes halogenated alkanes) is 1. The summed E-state index contributed by atoms with van der Waals surface area (Å²) in [7, 11) is 0. The second-order valence-electron chi connectivity index (χ2n) is 3.59.